The van der Waals surface area contributed by atoms with Crippen molar-refractivity contribution in [2.45, 2.75) is 32.3 Å². The third kappa shape index (κ3) is 2.16. The molecule has 0 amide bonds. The minimum absolute atomic E-state index is 0.630. The maximum atomic E-state index is 10.5. The van der Waals surface area contributed by atoms with E-state index >= 15 is 0 Å². The number of hydrogen-bond acceptors (Lipinski definition) is 2. The molecule has 0 fully saturated rings. The van der Waals surface area contributed by atoms with Crippen LogP contribution in [0.15, 0.2) is 29.7 Å². The van der Waals surface area contributed by atoms with Crippen LogP contribution in [0.25, 0.3) is 0 Å². The van der Waals surface area contributed by atoms with E-state index in [4.69, 9.17) is 0 Å². The molecule has 2 unspecified atom stereocenters. The highest BCUT2D eigenvalue weighted by Gasteiger charge is 2.31. The van der Waals surface area contributed by atoms with Crippen molar-refractivity contribution >= 4 is 11.3 Å². The lowest BCUT2D eigenvalue weighted by Crippen LogP contribution is -2.27. The SMILES string of the molecule is CC(C)C1C=CC(O)(c2cccs2)CC1. The molecule has 1 heterocycles. The molecule has 0 saturated carbocycles. The average molecular weight is 222 g/mol. The first-order valence-corrected chi connectivity index (χ1v) is 6.45. The standard InChI is InChI=1S/C13H18OS/c1-10(2)11-5-7-13(14,8-6-11)12-4-3-9-15-12/h3-5,7,9-11,14H,6,8H2,1-2H3. The summed E-state index contributed by atoms with van der Waals surface area (Å²) in [4.78, 5) is 1.07. The number of hydrogen-bond donors (Lipinski definition) is 1. The molecule has 1 aliphatic rings. The van der Waals surface area contributed by atoms with Crippen LogP contribution >= 0.6 is 11.3 Å². The van der Waals surface area contributed by atoms with Crippen molar-refractivity contribution in [2.24, 2.45) is 11.8 Å². The van der Waals surface area contributed by atoms with E-state index in [2.05, 4.69) is 19.9 Å². The minimum atomic E-state index is -0.695. The normalized spacial score (nSPS) is 31.1. The number of thiophene rings is 1. The molecule has 0 spiro atoms. The van der Waals surface area contributed by atoms with Gasteiger partial charge in [0, 0.05) is 4.88 Å². The molecule has 0 saturated heterocycles. The van der Waals surface area contributed by atoms with Crippen LogP contribution in [0.2, 0.25) is 0 Å². The zero-order chi connectivity index (χ0) is 10.9. The lowest BCUT2D eigenvalue weighted by Gasteiger charge is -2.31. The van der Waals surface area contributed by atoms with Crippen LogP contribution in [0.4, 0.5) is 0 Å². The van der Waals surface area contributed by atoms with E-state index in [1.54, 1.807) is 11.3 Å². The lowest BCUT2D eigenvalue weighted by atomic mass is 9.79. The Bertz CT molecular complexity index is 339. The first-order valence-electron chi connectivity index (χ1n) is 5.57. The molecule has 2 rings (SSSR count). The predicted octanol–water partition coefficient (Wildman–Crippen LogP) is 3.56. The van der Waals surface area contributed by atoms with Gasteiger partial charge in [0.05, 0.1) is 0 Å². The Morgan fingerprint density at radius 2 is 2.33 bits per heavy atom. The van der Waals surface area contributed by atoms with Gasteiger partial charge in [-0.1, -0.05) is 32.1 Å². The Morgan fingerprint density at radius 1 is 1.53 bits per heavy atom. The first-order chi connectivity index (χ1) is 7.12. The molecule has 15 heavy (non-hydrogen) atoms. The molecule has 1 N–H and O–H groups in total. The van der Waals surface area contributed by atoms with E-state index in [0.29, 0.717) is 11.8 Å². The van der Waals surface area contributed by atoms with Gasteiger partial charge in [0.1, 0.15) is 5.60 Å². The van der Waals surface area contributed by atoms with Gasteiger partial charge in [0.2, 0.25) is 0 Å². The summed E-state index contributed by atoms with van der Waals surface area (Å²) in [5, 5.41) is 12.5. The van der Waals surface area contributed by atoms with E-state index in [0.717, 1.165) is 17.7 Å². The highest BCUT2D eigenvalue weighted by Crippen LogP contribution is 2.38. The smallest absolute Gasteiger partial charge is 0.117 e. The van der Waals surface area contributed by atoms with Crippen molar-refractivity contribution in [3.05, 3.63) is 34.5 Å². The van der Waals surface area contributed by atoms with Crippen molar-refractivity contribution < 1.29 is 5.11 Å². The van der Waals surface area contributed by atoms with Gasteiger partial charge in [-0.2, -0.15) is 0 Å². The molecule has 1 aromatic heterocycles. The molecule has 0 aliphatic heterocycles. The molecule has 2 heteroatoms. The molecule has 0 radical (unpaired) electrons. The second-order valence-electron chi connectivity index (χ2n) is 4.71. The lowest BCUT2D eigenvalue weighted by molar-refractivity contribution is 0.0666. The quantitative estimate of drug-likeness (QED) is 0.759. The molecule has 1 aliphatic carbocycles. The minimum Gasteiger partial charge on any atom is -0.380 e. The van der Waals surface area contributed by atoms with E-state index in [1.165, 1.54) is 0 Å². The van der Waals surface area contributed by atoms with Crippen molar-refractivity contribution in [2.75, 3.05) is 0 Å². The topological polar surface area (TPSA) is 20.2 Å². The second kappa shape index (κ2) is 4.11. The summed E-state index contributed by atoms with van der Waals surface area (Å²) in [5.74, 6) is 1.30. The third-order valence-corrected chi connectivity index (χ3v) is 4.32. The van der Waals surface area contributed by atoms with Crippen molar-refractivity contribution in [3.63, 3.8) is 0 Å². The average Bonchev–Trinajstić information content (AvgIpc) is 2.71. The van der Waals surface area contributed by atoms with Crippen LogP contribution in [0.5, 0.6) is 0 Å². The Balaban J connectivity index is 2.17. The maximum absolute atomic E-state index is 10.5. The van der Waals surface area contributed by atoms with Gasteiger partial charge in [-0.3, -0.25) is 0 Å². The van der Waals surface area contributed by atoms with Crippen molar-refractivity contribution in [3.8, 4) is 0 Å². The molecular formula is C13H18OS. The summed E-state index contributed by atoms with van der Waals surface area (Å²) in [5.41, 5.74) is -0.695. The Kier molecular flexibility index (Phi) is 2.98. The highest BCUT2D eigenvalue weighted by atomic mass is 32.1. The molecule has 82 valence electrons. The van der Waals surface area contributed by atoms with Gasteiger partial charge in [0.15, 0.2) is 0 Å². The molecule has 0 bridgehead atoms. The predicted molar refractivity (Wildman–Crippen MR) is 64.9 cm³/mol. The highest BCUT2D eigenvalue weighted by molar-refractivity contribution is 7.10. The fourth-order valence-electron chi connectivity index (χ4n) is 2.13. The zero-order valence-corrected chi connectivity index (χ0v) is 10.1. The van der Waals surface area contributed by atoms with Crippen LogP contribution in [0, 0.1) is 11.8 Å². The molecule has 2 atom stereocenters. The van der Waals surface area contributed by atoms with E-state index in [1.807, 2.05) is 23.6 Å². The summed E-state index contributed by atoms with van der Waals surface area (Å²) >= 11 is 1.64. The summed E-state index contributed by atoms with van der Waals surface area (Å²) < 4.78 is 0. The Hall–Kier alpha value is -0.600. The molecule has 1 nitrogen and oxygen atoms in total. The van der Waals surface area contributed by atoms with Crippen LogP contribution in [-0.4, -0.2) is 5.11 Å². The second-order valence-corrected chi connectivity index (χ2v) is 5.65. The van der Waals surface area contributed by atoms with Gasteiger partial charge >= 0.3 is 0 Å². The third-order valence-electron chi connectivity index (χ3n) is 3.28. The molecule has 1 aromatic rings. The monoisotopic (exact) mass is 222 g/mol. The largest absolute Gasteiger partial charge is 0.380 e. The van der Waals surface area contributed by atoms with Gasteiger partial charge in [-0.15, -0.1) is 11.3 Å². The Morgan fingerprint density at radius 3 is 2.80 bits per heavy atom. The molecular weight excluding hydrogens is 204 g/mol. The molecule has 0 aromatic carbocycles. The van der Waals surface area contributed by atoms with Crippen LogP contribution < -0.4 is 0 Å². The van der Waals surface area contributed by atoms with Gasteiger partial charge < -0.3 is 5.11 Å². The summed E-state index contributed by atoms with van der Waals surface area (Å²) in [6, 6.07) is 4.02. The van der Waals surface area contributed by atoms with E-state index in [-0.39, 0.29) is 0 Å². The summed E-state index contributed by atoms with van der Waals surface area (Å²) in [6.45, 7) is 4.48. The Labute approximate surface area is 95.5 Å². The van der Waals surface area contributed by atoms with Gasteiger partial charge in [-0.25, -0.2) is 0 Å². The van der Waals surface area contributed by atoms with Crippen LogP contribution in [0.1, 0.15) is 31.6 Å². The number of allylic oxidation sites excluding steroid dienone is 1. The number of aliphatic hydroxyl groups is 1. The van der Waals surface area contributed by atoms with Crippen LogP contribution in [-0.2, 0) is 5.60 Å². The maximum Gasteiger partial charge on any atom is 0.117 e. The van der Waals surface area contributed by atoms with Crippen LogP contribution in [0.3, 0.4) is 0 Å². The fraction of sp³-hybridized carbons (Fsp3) is 0.538. The number of rotatable bonds is 2. The summed E-state index contributed by atoms with van der Waals surface area (Å²) in [6.07, 6.45) is 6.12. The van der Waals surface area contributed by atoms with Gasteiger partial charge in [0.25, 0.3) is 0 Å². The fourth-order valence-corrected chi connectivity index (χ4v) is 2.97. The van der Waals surface area contributed by atoms with Crippen molar-refractivity contribution in [1.29, 1.82) is 0 Å². The van der Waals surface area contributed by atoms with E-state index < -0.39 is 5.60 Å². The summed E-state index contributed by atoms with van der Waals surface area (Å²) in [7, 11) is 0. The zero-order valence-electron chi connectivity index (χ0n) is 9.31. The van der Waals surface area contributed by atoms with Crippen molar-refractivity contribution in [1.82, 2.24) is 0 Å². The first kappa shape index (κ1) is 10.9. The van der Waals surface area contributed by atoms with E-state index in [9.17, 15) is 5.11 Å². The van der Waals surface area contributed by atoms with Gasteiger partial charge in [-0.05, 0) is 36.1 Å².